The van der Waals surface area contributed by atoms with Gasteiger partial charge in [-0.25, -0.2) is 0 Å². The van der Waals surface area contributed by atoms with Crippen molar-refractivity contribution < 1.29 is 4.39 Å². The summed E-state index contributed by atoms with van der Waals surface area (Å²) < 4.78 is 11.4. The lowest BCUT2D eigenvalue weighted by atomic mass is 10.3. The molecule has 1 aliphatic rings. The number of hydrogen-bond acceptors (Lipinski definition) is 1. The van der Waals surface area contributed by atoms with Crippen LogP contribution in [0, 0.1) is 5.92 Å². The molecule has 0 aromatic rings. The molecule has 0 spiro atoms. The van der Waals surface area contributed by atoms with Gasteiger partial charge in [-0.05, 0) is 18.8 Å². The minimum atomic E-state index is -0.196. The first-order chi connectivity index (χ1) is 3.34. The largest absolute Gasteiger partial charge is 0.327 e. The highest BCUT2D eigenvalue weighted by Gasteiger charge is 2.32. The maximum absolute atomic E-state index is 11.4. The zero-order chi connectivity index (χ0) is 5.28. The van der Waals surface area contributed by atoms with Crippen LogP contribution < -0.4 is 5.73 Å². The van der Waals surface area contributed by atoms with E-state index in [1.807, 2.05) is 0 Å². The molecule has 1 fully saturated rings. The summed E-state index contributed by atoms with van der Waals surface area (Å²) in [4.78, 5) is 0. The predicted octanol–water partition coefficient (Wildman–Crippen LogP) is 0.693. The van der Waals surface area contributed by atoms with E-state index in [4.69, 9.17) is 5.73 Å². The van der Waals surface area contributed by atoms with Crippen molar-refractivity contribution in [3.05, 3.63) is 0 Å². The van der Waals surface area contributed by atoms with Crippen molar-refractivity contribution in [3.8, 4) is 0 Å². The van der Waals surface area contributed by atoms with E-state index in [-0.39, 0.29) is 6.67 Å². The SMILES string of the molecule is NC1CC1CCF. The molecule has 1 aliphatic carbocycles. The molecule has 2 N–H and O–H groups in total. The molecule has 0 radical (unpaired) electrons. The Morgan fingerprint density at radius 3 is 2.43 bits per heavy atom. The highest BCUT2D eigenvalue weighted by molar-refractivity contribution is 4.89. The van der Waals surface area contributed by atoms with E-state index in [2.05, 4.69) is 0 Å². The van der Waals surface area contributed by atoms with Gasteiger partial charge in [0.05, 0.1) is 6.67 Å². The van der Waals surface area contributed by atoms with Gasteiger partial charge in [-0.2, -0.15) is 0 Å². The second-order valence-electron chi connectivity index (χ2n) is 2.14. The number of nitrogens with two attached hydrogens (primary N) is 1. The molecule has 42 valence electrons. The van der Waals surface area contributed by atoms with E-state index in [1.165, 1.54) is 0 Å². The van der Waals surface area contributed by atoms with E-state index in [9.17, 15) is 4.39 Å². The van der Waals surface area contributed by atoms with Crippen LogP contribution in [0.2, 0.25) is 0 Å². The maximum atomic E-state index is 11.4. The summed E-state index contributed by atoms with van der Waals surface area (Å²) in [5.74, 6) is 0.519. The monoisotopic (exact) mass is 103 g/mol. The van der Waals surface area contributed by atoms with E-state index in [0.717, 1.165) is 6.42 Å². The van der Waals surface area contributed by atoms with Crippen LogP contribution in [-0.4, -0.2) is 12.7 Å². The Bertz CT molecular complexity index is 65.1. The predicted molar refractivity (Wildman–Crippen MR) is 26.7 cm³/mol. The topological polar surface area (TPSA) is 26.0 Å². The Kier molecular flexibility index (Phi) is 1.28. The fourth-order valence-corrected chi connectivity index (χ4v) is 0.743. The minimum Gasteiger partial charge on any atom is -0.327 e. The van der Waals surface area contributed by atoms with Crippen LogP contribution in [0.1, 0.15) is 12.8 Å². The van der Waals surface area contributed by atoms with Crippen LogP contribution in [0.5, 0.6) is 0 Å². The van der Waals surface area contributed by atoms with Crippen molar-refractivity contribution in [1.82, 2.24) is 0 Å². The normalized spacial score (nSPS) is 38.6. The fourth-order valence-electron chi connectivity index (χ4n) is 0.743. The first-order valence-electron chi connectivity index (χ1n) is 2.66. The molecule has 0 saturated heterocycles. The molecule has 2 atom stereocenters. The zero-order valence-corrected chi connectivity index (χ0v) is 4.23. The molecular formula is C5H10FN. The van der Waals surface area contributed by atoms with Crippen LogP contribution in [0.3, 0.4) is 0 Å². The zero-order valence-electron chi connectivity index (χ0n) is 4.23. The van der Waals surface area contributed by atoms with Crippen molar-refractivity contribution in [2.45, 2.75) is 18.9 Å². The summed E-state index contributed by atoms with van der Waals surface area (Å²) >= 11 is 0. The van der Waals surface area contributed by atoms with Gasteiger partial charge >= 0.3 is 0 Å². The molecular weight excluding hydrogens is 93.1 g/mol. The second-order valence-corrected chi connectivity index (χ2v) is 2.14. The molecule has 1 nitrogen and oxygen atoms in total. The molecule has 0 aromatic heterocycles. The van der Waals surface area contributed by atoms with E-state index < -0.39 is 0 Å². The first kappa shape index (κ1) is 5.04. The van der Waals surface area contributed by atoms with E-state index in [1.54, 1.807) is 0 Å². The van der Waals surface area contributed by atoms with Crippen LogP contribution in [-0.2, 0) is 0 Å². The highest BCUT2D eigenvalue weighted by atomic mass is 19.1. The Balaban J connectivity index is 1.98. The molecule has 0 bridgehead atoms. The second kappa shape index (κ2) is 1.78. The van der Waals surface area contributed by atoms with E-state index >= 15 is 0 Å². The lowest BCUT2D eigenvalue weighted by molar-refractivity contribution is 0.450. The summed E-state index contributed by atoms with van der Waals surface area (Å²) in [7, 11) is 0. The Morgan fingerprint density at radius 1 is 1.71 bits per heavy atom. The van der Waals surface area contributed by atoms with Gasteiger partial charge in [0.1, 0.15) is 0 Å². The highest BCUT2D eigenvalue weighted by Crippen LogP contribution is 2.30. The first-order valence-corrected chi connectivity index (χ1v) is 2.66. The van der Waals surface area contributed by atoms with Gasteiger partial charge in [0.2, 0.25) is 0 Å². The number of alkyl halides is 1. The van der Waals surface area contributed by atoms with Crippen molar-refractivity contribution in [2.75, 3.05) is 6.67 Å². The van der Waals surface area contributed by atoms with E-state index in [0.29, 0.717) is 18.4 Å². The van der Waals surface area contributed by atoms with Gasteiger partial charge in [-0.15, -0.1) is 0 Å². The van der Waals surface area contributed by atoms with Gasteiger partial charge in [0, 0.05) is 6.04 Å². The summed E-state index contributed by atoms with van der Waals surface area (Å²) in [6.07, 6.45) is 1.73. The lowest BCUT2D eigenvalue weighted by Crippen LogP contribution is -2.01. The average molecular weight is 103 g/mol. The quantitative estimate of drug-likeness (QED) is 0.546. The van der Waals surface area contributed by atoms with Gasteiger partial charge in [-0.1, -0.05) is 0 Å². The third-order valence-electron chi connectivity index (χ3n) is 1.46. The van der Waals surface area contributed by atoms with Crippen molar-refractivity contribution in [2.24, 2.45) is 11.7 Å². The maximum Gasteiger partial charge on any atom is 0.0897 e. The summed E-state index contributed by atoms with van der Waals surface area (Å²) in [6.45, 7) is -0.196. The molecule has 0 aromatic carbocycles. The van der Waals surface area contributed by atoms with Crippen molar-refractivity contribution in [1.29, 1.82) is 0 Å². The summed E-state index contributed by atoms with van der Waals surface area (Å²) in [5, 5.41) is 0. The fraction of sp³-hybridized carbons (Fsp3) is 1.00. The Hall–Kier alpha value is -0.110. The standard InChI is InChI=1S/C5H10FN/c6-2-1-4-3-5(4)7/h4-5H,1-3,7H2. The van der Waals surface area contributed by atoms with Gasteiger partial charge in [0.25, 0.3) is 0 Å². The van der Waals surface area contributed by atoms with Crippen molar-refractivity contribution >= 4 is 0 Å². The minimum absolute atomic E-state index is 0.196. The van der Waals surface area contributed by atoms with Gasteiger partial charge < -0.3 is 5.73 Å². The molecule has 1 saturated carbocycles. The van der Waals surface area contributed by atoms with Crippen LogP contribution in [0.4, 0.5) is 4.39 Å². The third kappa shape index (κ3) is 1.13. The average Bonchev–Trinajstić information content (AvgIpc) is 2.22. The van der Waals surface area contributed by atoms with Crippen LogP contribution in [0.15, 0.2) is 0 Å². The number of halogens is 1. The van der Waals surface area contributed by atoms with Crippen LogP contribution in [0.25, 0.3) is 0 Å². The molecule has 2 unspecified atom stereocenters. The van der Waals surface area contributed by atoms with Gasteiger partial charge in [0.15, 0.2) is 0 Å². The molecule has 0 aliphatic heterocycles. The smallest absolute Gasteiger partial charge is 0.0897 e. The number of rotatable bonds is 2. The summed E-state index contributed by atoms with van der Waals surface area (Å²) in [6, 6.07) is 0.329. The number of hydrogen-bond donors (Lipinski definition) is 1. The Morgan fingerprint density at radius 2 is 2.29 bits per heavy atom. The molecule has 1 rings (SSSR count). The summed E-state index contributed by atoms with van der Waals surface area (Å²) in [5.41, 5.74) is 5.39. The molecule has 0 heterocycles. The molecule has 2 heteroatoms. The van der Waals surface area contributed by atoms with Crippen LogP contribution >= 0.6 is 0 Å². The van der Waals surface area contributed by atoms with Crippen molar-refractivity contribution in [3.63, 3.8) is 0 Å². The molecule has 0 amide bonds. The van der Waals surface area contributed by atoms with Gasteiger partial charge in [-0.3, -0.25) is 4.39 Å². The molecule has 7 heavy (non-hydrogen) atoms. The lowest BCUT2D eigenvalue weighted by Gasteiger charge is -1.84. The Labute approximate surface area is 42.7 Å². The third-order valence-corrected chi connectivity index (χ3v) is 1.46.